The van der Waals surface area contributed by atoms with Gasteiger partial charge in [-0.3, -0.25) is 0 Å². The van der Waals surface area contributed by atoms with Gasteiger partial charge < -0.3 is 24.8 Å². The molecule has 0 aromatic heterocycles. The van der Waals surface area contributed by atoms with E-state index in [2.05, 4.69) is 60.7 Å². The summed E-state index contributed by atoms with van der Waals surface area (Å²) in [4.78, 5) is 0. The summed E-state index contributed by atoms with van der Waals surface area (Å²) >= 11 is -2.94. The average Bonchev–Trinajstić information content (AvgIpc) is 3.55. The molecule has 0 radical (unpaired) electrons. The van der Waals surface area contributed by atoms with E-state index in [-0.39, 0.29) is 24.8 Å². The van der Waals surface area contributed by atoms with Crippen molar-refractivity contribution >= 4 is 12.2 Å². The summed E-state index contributed by atoms with van der Waals surface area (Å²) < 4.78 is 4.02. The zero-order valence-corrected chi connectivity index (χ0v) is 27.1. The molecule has 194 valence electrons. The third kappa shape index (κ3) is 3.91. The van der Waals surface area contributed by atoms with Crippen LogP contribution in [-0.4, -0.2) is 0 Å². The van der Waals surface area contributed by atoms with Crippen LogP contribution in [0.15, 0.2) is 59.7 Å². The fraction of sp³-hybridized carbons (Fsp3) is 0.529. The molecular formula is C34H40Cl2Hf. The number of fused-ring (bicyclic) bond motifs is 3. The van der Waals surface area contributed by atoms with Gasteiger partial charge in [0.15, 0.2) is 0 Å². The van der Waals surface area contributed by atoms with Crippen molar-refractivity contribution in [3.05, 3.63) is 81.9 Å². The number of hydrogen-bond donors (Lipinski definition) is 0. The van der Waals surface area contributed by atoms with Gasteiger partial charge in [-0.1, -0.05) is 0 Å². The summed E-state index contributed by atoms with van der Waals surface area (Å²) in [6.45, 7) is 0. The normalized spacial score (nSPS) is 32.3. The van der Waals surface area contributed by atoms with E-state index >= 15 is 0 Å². The van der Waals surface area contributed by atoms with E-state index in [9.17, 15) is 0 Å². The van der Waals surface area contributed by atoms with Crippen LogP contribution in [0.5, 0.6) is 0 Å². The topological polar surface area (TPSA) is 0 Å². The van der Waals surface area contributed by atoms with Gasteiger partial charge in [0.05, 0.1) is 0 Å². The molecule has 8 rings (SSSR count). The minimum absolute atomic E-state index is 0. The Morgan fingerprint density at radius 1 is 0.486 bits per heavy atom. The van der Waals surface area contributed by atoms with Crippen LogP contribution in [0.1, 0.15) is 107 Å². The Labute approximate surface area is 240 Å². The van der Waals surface area contributed by atoms with Gasteiger partial charge in [-0.2, -0.15) is 0 Å². The third-order valence-electron chi connectivity index (χ3n) is 11.5. The van der Waals surface area contributed by atoms with Gasteiger partial charge in [-0.05, 0) is 0 Å². The summed E-state index contributed by atoms with van der Waals surface area (Å²) in [7, 11) is 0. The van der Waals surface area contributed by atoms with Gasteiger partial charge in [-0.15, -0.1) is 0 Å². The van der Waals surface area contributed by atoms with Gasteiger partial charge in [-0.25, -0.2) is 0 Å². The minimum atomic E-state index is -2.94. The van der Waals surface area contributed by atoms with Gasteiger partial charge in [0, 0.05) is 0 Å². The molecule has 1 heterocycles. The second-order valence-corrected chi connectivity index (χ2v) is 29.5. The molecule has 0 bridgehead atoms. The minimum Gasteiger partial charge on any atom is -1.00 e. The van der Waals surface area contributed by atoms with Gasteiger partial charge in [0.25, 0.3) is 0 Å². The standard InChI is InChI=1S/2C14H15.C6H10.2ClH.Hf/c2*1-2-6-11(5-1)14-9-12-7-3-4-8-13(12)10-14;1-2-4-6-5-3-1;;;/h2*3-4,7-11H,1-2,5-6H2;1-2H,3-6H2;2*1H;/q;;;;;+2/p-2. The molecule has 2 aromatic rings. The zero-order chi connectivity index (χ0) is 23.0. The summed E-state index contributed by atoms with van der Waals surface area (Å²) in [6.07, 6.45) is 23.3. The van der Waals surface area contributed by atoms with Crippen LogP contribution in [0, 0.1) is 11.8 Å². The smallest absolute Gasteiger partial charge is 1.00 e. The van der Waals surface area contributed by atoms with Gasteiger partial charge >= 0.3 is 218 Å². The number of allylic oxidation sites excluding steroid dienone is 2. The molecule has 6 aliphatic rings. The quantitative estimate of drug-likeness (QED) is 0.425. The predicted molar refractivity (Wildman–Crippen MR) is 144 cm³/mol. The second kappa shape index (κ2) is 10.4. The van der Waals surface area contributed by atoms with Crippen molar-refractivity contribution in [2.45, 2.75) is 91.7 Å². The zero-order valence-electron chi connectivity index (χ0n) is 22.0. The SMILES string of the molecule is C1=C(C2CCCC2)[CH]([Hf+2]2([CH]3C(C4CCCC4)=Cc4ccccc43)[CH]3CCCC[CH]32)c2ccccc21.[Cl-].[Cl-]. The molecule has 2 aromatic carbocycles. The maximum Gasteiger partial charge on any atom is -1.00 e. The van der Waals surface area contributed by atoms with Crippen LogP contribution in [0.2, 0.25) is 7.35 Å². The summed E-state index contributed by atoms with van der Waals surface area (Å²) in [6, 6.07) is 19.5. The molecule has 3 heteroatoms. The Morgan fingerprint density at radius 3 is 1.30 bits per heavy atom. The molecule has 4 fully saturated rings. The van der Waals surface area contributed by atoms with Crippen molar-refractivity contribution in [3.8, 4) is 0 Å². The van der Waals surface area contributed by atoms with Crippen LogP contribution in [0.25, 0.3) is 12.2 Å². The predicted octanol–water partition coefficient (Wildman–Crippen LogP) is 3.97. The summed E-state index contributed by atoms with van der Waals surface area (Å²) in [5.41, 5.74) is 10.7. The Hall–Kier alpha value is -0.630. The molecule has 37 heavy (non-hydrogen) atoms. The van der Waals surface area contributed by atoms with E-state index in [0.717, 1.165) is 26.5 Å². The van der Waals surface area contributed by atoms with E-state index in [1.165, 1.54) is 64.2 Å². The fourth-order valence-electron chi connectivity index (χ4n) is 10.3. The molecule has 5 aliphatic carbocycles. The van der Waals surface area contributed by atoms with Crippen molar-refractivity contribution in [1.29, 1.82) is 0 Å². The second-order valence-electron chi connectivity index (χ2n) is 12.9. The molecular weight excluding hydrogens is 658 g/mol. The van der Waals surface area contributed by atoms with Gasteiger partial charge in [0.1, 0.15) is 0 Å². The first-order valence-corrected chi connectivity index (χ1v) is 23.3. The Bertz CT molecular complexity index is 1120. The maximum absolute atomic E-state index is 2.94. The van der Waals surface area contributed by atoms with Crippen molar-refractivity contribution in [2.75, 3.05) is 0 Å². The number of benzene rings is 2. The van der Waals surface area contributed by atoms with E-state index < -0.39 is 20.0 Å². The number of halogens is 2. The van der Waals surface area contributed by atoms with E-state index in [1.54, 1.807) is 35.1 Å². The molecule has 0 nitrogen and oxygen atoms in total. The molecule has 1 saturated heterocycles. The fourth-order valence-corrected chi connectivity index (χ4v) is 46.0. The largest absolute Gasteiger partial charge is 1.00 e. The monoisotopic (exact) mass is 698 g/mol. The maximum atomic E-state index is 2.75. The van der Waals surface area contributed by atoms with E-state index in [1.807, 2.05) is 11.1 Å². The summed E-state index contributed by atoms with van der Waals surface area (Å²) in [5.74, 6) is 1.75. The molecule has 1 aliphatic heterocycles. The van der Waals surface area contributed by atoms with Crippen LogP contribution < -0.4 is 24.8 Å². The van der Waals surface area contributed by atoms with Crippen LogP contribution >= 0.6 is 0 Å². The molecule has 4 unspecified atom stereocenters. The van der Waals surface area contributed by atoms with E-state index in [0.29, 0.717) is 0 Å². The van der Waals surface area contributed by atoms with Crippen molar-refractivity contribution < 1.29 is 44.8 Å². The number of hydrogen-bond acceptors (Lipinski definition) is 0. The summed E-state index contributed by atoms with van der Waals surface area (Å²) in [5, 5.41) is 0. The van der Waals surface area contributed by atoms with Gasteiger partial charge in [0.2, 0.25) is 0 Å². The first kappa shape index (κ1) is 26.6. The average molecular weight is 698 g/mol. The van der Waals surface area contributed by atoms with Crippen LogP contribution in [-0.2, 0) is 20.0 Å². The number of rotatable bonds is 4. The Kier molecular flexibility index (Phi) is 7.48. The Morgan fingerprint density at radius 2 is 0.865 bits per heavy atom. The molecule has 0 spiro atoms. The third-order valence-corrected chi connectivity index (χ3v) is 36.1. The molecule has 0 N–H and O–H groups in total. The van der Waals surface area contributed by atoms with Crippen molar-refractivity contribution in [1.82, 2.24) is 0 Å². The van der Waals surface area contributed by atoms with Crippen molar-refractivity contribution in [2.24, 2.45) is 11.8 Å². The Balaban J connectivity index is 0.00000126. The molecule has 4 atom stereocenters. The first-order chi connectivity index (χ1) is 17.4. The first-order valence-electron chi connectivity index (χ1n) is 15.0. The molecule has 0 amide bonds. The van der Waals surface area contributed by atoms with E-state index in [4.69, 9.17) is 0 Å². The van der Waals surface area contributed by atoms with Crippen LogP contribution in [0.3, 0.4) is 0 Å². The molecule has 3 saturated carbocycles. The van der Waals surface area contributed by atoms with Crippen LogP contribution in [0.4, 0.5) is 0 Å². The van der Waals surface area contributed by atoms with Crippen molar-refractivity contribution in [3.63, 3.8) is 0 Å².